The molecule has 3 aromatic rings. The molecule has 0 spiro atoms. The number of benzene rings is 3. The molecule has 0 atom stereocenters. The van der Waals surface area contributed by atoms with Crippen molar-refractivity contribution in [3.05, 3.63) is 88.7 Å². The topological polar surface area (TPSA) is 9.23 Å². The van der Waals surface area contributed by atoms with E-state index in [9.17, 15) is 13.2 Å². The maximum absolute atomic E-state index is 14.0. The van der Waals surface area contributed by atoms with Crippen LogP contribution in [0, 0.1) is 31.3 Å². The minimum Gasteiger partial charge on any atom is -0.489 e. The molecule has 3 aromatic carbocycles. The second-order valence-electron chi connectivity index (χ2n) is 5.95. The molecule has 128 valence electrons. The lowest BCUT2D eigenvalue weighted by molar-refractivity contribution is 0.305. The molecule has 0 aliphatic heterocycles. The van der Waals surface area contributed by atoms with E-state index in [-0.39, 0.29) is 23.6 Å². The maximum Gasteiger partial charge on any atom is 0.166 e. The third-order valence-corrected chi connectivity index (χ3v) is 4.08. The SMILES string of the molecule is Cc1ccc(COc2ccc(-c3ccc(C)c(F)c3F)cc2)cc1F. The summed E-state index contributed by atoms with van der Waals surface area (Å²) in [6, 6.07) is 14.7. The molecule has 25 heavy (non-hydrogen) atoms. The fraction of sp³-hybridized carbons (Fsp3) is 0.143. The summed E-state index contributed by atoms with van der Waals surface area (Å²) in [6.45, 7) is 3.45. The highest BCUT2D eigenvalue weighted by molar-refractivity contribution is 5.65. The summed E-state index contributed by atoms with van der Waals surface area (Å²) in [6.07, 6.45) is 0. The molecule has 1 nitrogen and oxygen atoms in total. The quantitative estimate of drug-likeness (QED) is 0.568. The van der Waals surface area contributed by atoms with E-state index in [0.29, 0.717) is 16.9 Å². The molecule has 0 aromatic heterocycles. The Morgan fingerprint density at radius 1 is 0.760 bits per heavy atom. The summed E-state index contributed by atoms with van der Waals surface area (Å²) in [4.78, 5) is 0. The molecule has 0 amide bonds. The van der Waals surface area contributed by atoms with Crippen LogP contribution in [0.25, 0.3) is 11.1 Å². The summed E-state index contributed by atoms with van der Waals surface area (Å²) in [7, 11) is 0. The lowest BCUT2D eigenvalue weighted by Crippen LogP contribution is -1.97. The number of hydrogen-bond acceptors (Lipinski definition) is 1. The number of aryl methyl sites for hydroxylation is 2. The summed E-state index contributed by atoms with van der Waals surface area (Å²) >= 11 is 0. The molecule has 3 rings (SSSR count). The predicted molar refractivity (Wildman–Crippen MR) is 92.0 cm³/mol. The minimum absolute atomic E-state index is 0.204. The minimum atomic E-state index is -0.858. The average molecular weight is 342 g/mol. The Labute approximate surface area is 144 Å². The largest absolute Gasteiger partial charge is 0.489 e. The summed E-state index contributed by atoms with van der Waals surface area (Å²) in [5.74, 6) is -1.39. The predicted octanol–water partition coefficient (Wildman–Crippen LogP) is 5.97. The van der Waals surface area contributed by atoms with E-state index in [1.165, 1.54) is 13.0 Å². The first-order valence-corrected chi connectivity index (χ1v) is 7.88. The lowest BCUT2D eigenvalue weighted by Gasteiger charge is -2.09. The van der Waals surface area contributed by atoms with Crippen molar-refractivity contribution >= 4 is 0 Å². The smallest absolute Gasteiger partial charge is 0.166 e. The van der Waals surface area contributed by atoms with Crippen LogP contribution >= 0.6 is 0 Å². The van der Waals surface area contributed by atoms with Crippen LogP contribution < -0.4 is 4.74 Å². The monoisotopic (exact) mass is 342 g/mol. The van der Waals surface area contributed by atoms with Gasteiger partial charge in [0.05, 0.1) is 0 Å². The van der Waals surface area contributed by atoms with Gasteiger partial charge in [-0.1, -0.05) is 36.4 Å². The van der Waals surface area contributed by atoms with Crippen LogP contribution in [0.3, 0.4) is 0 Å². The molecule has 0 heterocycles. The van der Waals surface area contributed by atoms with Crippen molar-refractivity contribution in [1.29, 1.82) is 0 Å². The van der Waals surface area contributed by atoms with Crippen molar-refractivity contribution in [2.24, 2.45) is 0 Å². The molecule has 0 unspecified atom stereocenters. The van der Waals surface area contributed by atoms with Crippen molar-refractivity contribution < 1.29 is 17.9 Å². The highest BCUT2D eigenvalue weighted by atomic mass is 19.2. The van der Waals surface area contributed by atoms with E-state index < -0.39 is 11.6 Å². The molecule has 0 bridgehead atoms. The van der Waals surface area contributed by atoms with E-state index in [4.69, 9.17) is 4.74 Å². The van der Waals surface area contributed by atoms with Crippen molar-refractivity contribution in [2.75, 3.05) is 0 Å². The Morgan fingerprint density at radius 3 is 2.12 bits per heavy atom. The molecule has 0 aliphatic rings. The van der Waals surface area contributed by atoms with Crippen LogP contribution in [0.15, 0.2) is 54.6 Å². The number of hydrogen-bond donors (Lipinski definition) is 0. The molecule has 0 aliphatic carbocycles. The van der Waals surface area contributed by atoms with Gasteiger partial charge in [0.1, 0.15) is 18.2 Å². The van der Waals surface area contributed by atoms with Crippen molar-refractivity contribution in [1.82, 2.24) is 0 Å². The Bertz CT molecular complexity index is 902. The Morgan fingerprint density at radius 2 is 1.44 bits per heavy atom. The summed E-state index contributed by atoms with van der Waals surface area (Å²) in [5, 5.41) is 0. The first-order valence-electron chi connectivity index (χ1n) is 7.88. The Hall–Kier alpha value is -2.75. The van der Waals surface area contributed by atoms with Gasteiger partial charge >= 0.3 is 0 Å². The van der Waals surface area contributed by atoms with Gasteiger partial charge in [0.2, 0.25) is 0 Å². The number of ether oxygens (including phenoxy) is 1. The van der Waals surface area contributed by atoms with Gasteiger partial charge in [-0.05, 0) is 54.3 Å². The first-order chi connectivity index (χ1) is 12.0. The van der Waals surface area contributed by atoms with Gasteiger partial charge in [0, 0.05) is 5.56 Å². The normalized spacial score (nSPS) is 10.8. The van der Waals surface area contributed by atoms with Crippen LogP contribution in [-0.4, -0.2) is 0 Å². The molecule has 0 saturated heterocycles. The van der Waals surface area contributed by atoms with E-state index in [1.54, 1.807) is 55.5 Å². The highest BCUT2D eigenvalue weighted by Crippen LogP contribution is 2.28. The molecule has 0 radical (unpaired) electrons. The third-order valence-electron chi connectivity index (χ3n) is 4.08. The zero-order valence-electron chi connectivity index (χ0n) is 13.9. The van der Waals surface area contributed by atoms with Crippen LogP contribution in [0.5, 0.6) is 5.75 Å². The van der Waals surface area contributed by atoms with Gasteiger partial charge in [-0.2, -0.15) is 0 Å². The molecular formula is C21H17F3O. The summed E-state index contributed by atoms with van der Waals surface area (Å²) in [5.41, 5.74) is 2.34. The Kier molecular flexibility index (Phi) is 4.79. The maximum atomic E-state index is 14.0. The van der Waals surface area contributed by atoms with Crippen molar-refractivity contribution in [2.45, 2.75) is 20.5 Å². The second-order valence-corrected chi connectivity index (χ2v) is 5.95. The van der Waals surface area contributed by atoms with Gasteiger partial charge in [0.25, 0.3) is 0 Å². The van der Waals surface area contributed by atoms with Gasteiger partial charge in [-0.25, -0.2) is 13.2 Å². The van der Waals surface area contributed by atoms with Gasteiger partial charge < -0.3 is 4.74 Å². The average Bonchev–Trinajstić information content (AvgIpc) is 2.61. The fourth-order valence-electron chi connectivity index (χ4n) is 2.49. The third kappa shape index (κ3) is 3.68. The number of halogens is 3. The van der Waals surface area contributed by atoms with E-state index in [2.05, 4.69) is 0 Å². The van der Waals surface area contributed by atoms with Crippen LogP contribution in [-0.2, 0) is 6.61 Å². The van der Waals surface area contributed by atoms with E-state index >= 15 is 0 Å². The van der Waals surface area contributed by atoms with Crippen LogP contribution in [0.4, 0.5) is 13.2 Å². The van der Waals surface area contributed by atoms with Gasteiger partial charge in [-0.3, -0.25) is 0 Å². The van der Waals surface area contributed by atoms with Gasteiger partial charge in [-0.15, -0.1) is 0 Å². The van der Waals surface area contributed by atoms with Crippen molar-refractivity contribution in [3.63, 3.8) is 0 Å². The molecule has 0 N–H and O–H groups in total. The summed E-state index contributed by atoms with van der Waals surface area (Å²) < 4.78 is 46.9. The molecule has 0 saturated carbocycles. The lowest BCUT2D eigenvalue weighted by atomic mass is 10.0. The molecule has 0 fully saturated rings. The molecule has 4 heteroatoms. The van der Waals surface area contributed by atoms with E-state index in [1.807, 2.05) is 0 Å². The van der Waals surface area contributed by atoms with E-state index in [0.717, 1.165) is 5.56 Å². The number of rotatable bonds is 4. The molecular weight excluding hydrogens is 325 g/mol. The second kappa shape index (κ2) is 7.01. The van der Waals surface area contributed by atoms with Crippen LogP contribution in [0.2, 0.25) is 0 Å². The first kappa shape index (κ1) is 17.1. The van der Waals surface area contributed by atoms with Crippen LogP contribution in [0.1, 0.15) is 16.7 Å². The zero-order valence-corrected chi connectivity index (χ0v) is 13.9. The standard InChI is InChI=1S/C21H17F3O/c1-13-3-5-15(11-19(13)22)12-25-17-8-6-16(7-9-17)18-10-4-14(2)20(23)21(18)24/h3-11H,12H2,1-2H3. The van der Waals surface area contributed by atoms with Crippen molar-refractivity contribution in [3.8, 4) is 16.9 Å². The van der Waals surface area contributed by atoms with Gasteiger partial charge in [0.15, 0.2) is 11.6 Å². The highest BCUT2D eigenvalue weighted by Gasteiger charge is 2.12. The fourth-order valence-corrected chi connectivity index (χ4v) is 2.49. The zero-order chi connectivity index (χ0) is 18.0. The Balaban J connectivity index is 1.74.